The lowest BCUT2D eigenvalue weighted by Gasteiger charge is -2.30. The summed E-state index contributed by atoms with van der Waals surface area (Å²) in [5, 5.41) is 0. The average Bonchev–Trinajstić information content (AvgIpc) is 3.51. The minimum Gasteiger partial charge on any atom is -0.493 e. The van der Waals surface area contributed by atoms with Gasteiger partial charge in [0.25, 0.3) is 15.9 Å². The molecule has 1 amide bonds. The van der Waals surface area contributed by atoms with Crippen molar-refractivity contribution in [3.8, 4) is 5.75 Å². The second kappa shape index (κ2) is 8.54. The second-order valence-electron chi connectivity index (χ2n) is 10.6. The Balaban J connectivity index is 1.99. The minimum atomic E-state index is -3.98. The van der Waals surface area contributed by atoms with Crippen LogP contribution >= 0.6 is 0 Å². The van der Waals surface area contributed by atoms with E-state index < -0.39 is 15.9 Å². The Morgan fingerprint density at radius 2 is 1.47 bits per heavy atom. The number of rotatable bonds is 6. The van der Waals surface area contributed by atoms with Gasteiger partial charge in [-0.1, -0.05) is 53.7 Å². The standard InChI is InChI=1S/C26H35NO4S/c1-8-31-23-21(25(2,3)4)15-19(16-22(23)26(5,6)7)24(28)27-32(29,30)20-13-11-18(12-14-20)17-9-10-17/h11-17H,8-10H2,1-7H3,(H,27,28). The maximum Gasteiger partial charge on any atom is 0.265 e. The number of benzene rings is 2. The Labute approximate surface area is 192 Å². The van der Waals surface area contributed by atoms with Gasteiger partial charge in [0.05, 0.1) is 11.5 Å². The Hall–Kier alpha value is -2.34. The van der Waals surface area contributed by atoms with Crippen LogP contribution < -0.4 is 9.46 Å². The van der Waals surface area contributed by atoms with Crippen molar-refractivity contribution >= 4 is 15.9 Å². The van der Waals surface area contributed by atoms with E-state index in [-0.39, 0.29) is 15.7 Å². The van der Waals surface area contributed by atoms with Crippen LogP contribution in [0.15, 0.2) is 41.3 Å². The van der Waals surface area contributed by atoms with Gasteiger partial charge in [-0.3, -0.25) is 4.79 Å². The SMILES string of the molecule is CCOc1c(C(C)(C)C)cc(C(=O)NS(=O)(=O)c2ccc(C3CC3)cc2)cc1C(C)(C)C. The van der Waals surface area contributed by atoms with Gasteiger partial charge in [-0.05, 0) is 66.3 Å². The summed E-state index contributed by atoms with van der Waals surface area (Å²) in [7, 11) is -3.98. The Bertz CT molecular complexity index is 1060. The van der Waals surface area contributed by atoms with E-state index >= 15 is 0 Å². The van der Waals surface area contributed by atoms with Gasteiger partial charge in [-0.2, -0.15) is 0 Å². The van der Waals surface area contributed by atoms with E-state index in [4.69, 9.17) is 4.74 Å². The van der Waals surface area contributed by atoms with Crippen molar-refractivity contribution in [3.63, 3.8) is 0 Å². The first-order chi connectivity index (χ1) is 14.7. The molecular formula is C26H35NO4S. The first-order valence-corrected chi connectivity index (χ1v) is 12.7. The van der Waals surface area contributed by atoms with Crippen molar-refractivity contribution in [2.24, 2.45) is 0 Å². The molecule has 32 heavy (non-hydrogen) atoms. The number of ether oxygens (including phenoxy) is 1. The monoisotopic (exact) mass is 457 g/mol. The van der Waals surface area contributed by atoms with Gasteiger partial charge in [-0.15, -0.1) is 0 Å². The molecule has 0 heterocycles. The number of amides is 1. The van der Waals surface area contributed by atoms with Gasteiger partial charge in [0.2, 0.25) is 0 Å². The molecular weight excluding hydrogens is 422 g/mol. The van der Waals surface area contributed by atoms with Gasteiger partial charge >= 0.3 is 0 Å². The molecule has 0 aromatic heterocycles. The average molecular weight is 458 g/mol. The highest BCUT2D eigenvalue weighted by Crippen LogP contribution is 2.41. The Morgan fingerprint density at radius 3 is 1.88 bits per heavy atom. The summed E-state index contributed by atoms with van der Waals surface area (Å²) < 4.78 is 34.0. The molecule has 1 fully saturated rings. The van der Waals surface area contributed by atoms with Gasteiger partial charge in [0, 0.05) is 16.7 Å². The number of carbonyl (C=O) groups excluding carboxylic acids is 1. The molecule has 0 spiro atoms. The molecule has 6 heteroatoms. The minimum absolute atomic E-state index is 0.0910. The van der Waals surface area contributed by atoms with Gasteiger partial charge < -0.3 is 4.74 Å². The fourth-order valence-corrected chi connectivity index (χ4v) is 4.72. The van der Waals surface area contributed by atoms with Crippen LogP contribution in [-0.4, -0.2) is 20.9 Å². The molecule has 0 unspecified atom stereocenters. The summed E-state index contributed by atoms with van der Waals surface area (Å²) in [5.41, 5.74) is 2.62. The zero-order valence-corrected chi connectivity index (χ0v) is 21.0. The van der Waals surface area contributed by atoms with E-state index in [0.717, 1.165) is 35.3 Å². The number of carbonyl (C=O) groups is 1. The lowest BCUT2D eigenvalue weighted by molar-refractivity contribution is 0.0981. The fraction of sp³-hybridized carbons (Fsp3) is 0.500. The predicted octanol–water partition coefficient (Wildman–Crippen LogP) is 5.68. The molecule has 1 saturated carbocycles. The molecule has 0 radical (unpaired) electrons. The second-order valence-corrected chi connectivity index (χ2v) is 12.3. The van der Waals surface area contributed by atoms with E-state index in [9.17, 15) is 13.2 Å². The predicted molar refractivity (Wildman–Crippen MR) is 128 cm³/mol. The van der Waals surface area contributed by atoms with Crippen LogP contribution in [0, 0.1) is 0 Å². The molecule has 2 aromatic rings. The molecule has 174 valence electrons. The van der Waals surface area contributed by atoms with Crippen molar-refractivity contribution in [2.75, 3.05) is 6.61 Å². The molecule has 0 aliphatic heterocycles. The lowest BCUT2D eigenvalue weighted by atomic mass is 9.78. The smallest absolute Gasteiger partial charge is 0.265 e. The summed E-state index contributed by atoms with van der Waals surface area (Å²) in [4.78, 5) is 13.2. The van der Waals surface area contributed by atoms with E-state index in [1.165, 1.54) is 0 Å². The van der Waals surface area contributed by atoms with E-state index in [0.29, 0.717) is 18.1 Å². The molecule has 0 bridgehead atoms. The van der Waals surface area contributed by atoms with Crippen LogP contribution in [0.4, 0.5) is 0 Å². The number of sulfonamides is 1. The molecule has 5 nitrogen and oxygen atoms in total. The maximum atomic E-state index is 13.1. The summed E-state index contributed by atoms with van der Waals surface area (Å²) in [6, 6.07) is 10.3. The largest absolute Gasteiger partial charge is 0.493 e. The van der Waals surface area contributed by atoms with Crippen LogP contribution in [0.2, 0.25) is 0 Å². The van der Waals surface area contributed by atoms with Crippen LogP contribution in [0.1, 0.15) is 94.3 Å². The topological polar surface area (TPSA) is 72.5 Å². The highest BCUT2D eigenvalue weighted by molar-refractivity contribution is 7.90. The summed E-state index contributed by atoms with van der Waals surface area (Å²) in [6.45, 7) is 14.8. The molecule has 0 atom stereocenters. The van der Waals surface area contributed by atoms with Crippen molar-refractivity contribution in [2.45, 2.75) is 83.0 Å². The van der Waals surface area contributed by atoms with Crippen LogP contribution in [0.25, 0.3) is 0 Å². The molecule has 1 N–H and O–H groups in total. The normalized spacial score (nSPS) is 14.8. The van der Waals surface area contributed by atoms with E-state index in [1.807, 2.05) is 19.1 Å². The lowest BCUT2D eigenvalue weighted by Crippen LogP contribution is -2.31. The molecule has 3 rings (SSSR count). The van der Waals surface area contributed by atoms with E-state index in [2.05, 4.69) is 46.3 Å². The first kappa shape index (κ1) is 24.3. The Kier molecular flexibility index (Phi) is 6.49. The van der Waals surface area contributed by atoms with Crippen LogP contribution in [-0.2, 0) is 20.9 Å². The quantitative estimate of drug-likeness (QED) is 0.606. The van der Waals surface area contributed by atoms with Crippen LogP contribution in [0.5, 0.6) is 5.75 Å². The van der Waals surface area contributed by atoms with Gasteiger partial charge in [-0.25, -0.2) is 13.1 Å². The number of nitrogens with one attached hydrogen (secondary N) is 1. The van der Waals surface area contributed by atoms with Crippen LogP contribution in [0.3, 0.4) is 0 Å². The van der Waals surface area contributed by atoms with Crippen molar-refractivity contribution in [1.29, 1.82) is 0 Å². The van der Waals surface area contributed by atoms with Gasteiger partial charge in [0.15, 0.2) is 0 Å². The summed E-state index contributed by atoms with van der Waals surface area (Å²) in [5.74, 6) is 0.662. The molecule has 0 saturated heterocycles. The summed E-state index contributed by atoms with van der Waals surface area (Å²) in [6.07, 6.45) is 2.29. The third kappa shape index (κ3) is 5.34. The molecule has 1 aliphatic rings. The fourth-order valence-electron chi connectivity index (χ4n) is 3.75. The van der Waals surface area contributed by atoms with Crippen molar-refractivity contribution in [3.05, 3.63) is 58.7 Å². The first-order valence-electron chi connectivity index (χ1n) is 11.2. The highest BCUT2D eigenvalue weighted by Gasteiger charge is 2.30. The maximum absolute atomic E-state index is 13.1. The van der Waals surface area contributed by atoms with E-state index in [1.54, 1.807) is 24.3 Å². The Morgan fingerprint density at radius 1 is 0.969 bits per heavy atom. The third-order valence-corrected chi connectivity index (χ3v) is 7.07. The highest BCUT2D eigenvalue weighted by atomic mass is 32.2. The molecule has 1 aliphatic carbocycles. The molecule has 2 aromatic carbocycles. The summed E-state index contributed by atoms with van der Waals surface area (Å²) >= 11 is 0. The van der Waals surface area contributed by atoms with Crippen molar-refractivity contribution in [1.82, 2.24) is 4.72 Å². The van der Waals surface area contributed by atoms with Crippen molar-refractivity contribution < 1.29 is 17.9 Å². The zero-order valence-electron chi connectivity index (χ0n) is 20.2. The number of hydrogen-bond donors (Lipinski definition) is 1. The van der Waals surface area contributed by atoms with Gasteiger partial charge in [0.1, 0.15) is 5.75 Å². The number of hydrogen-bond acceptors (Lipinski definition) is 4. The third-order valence-electron chi connectivity index (χ3n) is 5.72. The zero-order chi connectivity index (χ0) is 23.9.